The molecule has 5 nitrogen and oxygen atoms in total. The first-order valence-electron chi connectivity index (χ1n) is 7.15. The molecule has 0 radical (unpaired) electrons. The van der Waals surface area contributed by atoms with Crippen LogP contribution in [-0.2, 0) is 9.53 Å². The van der Waals surface area contributed by atoms with Gasteiger partial charge in [-0.2, -0.15) is 0 Å². The van der Waals surface area contributed by atoms with Crippen molar-refractivity contribution in [3.05, 3.63) is 35.6 Å². The quantitative estimate of drug-likeness (QED) is 0.912. The van der Waals surface area contributed by atoms with Gasteiger partial charge in [-0.15, -0.1) is 0 Å². The molecule has 1 aromatic carbocycles. The normalized spacial score (nSPS) is 21.7. The fraction of sp³-hybridized carbons (Fsp3) is 0.500. The number of carbonyl (C=O) groups excluding carboxylic acids is 1. The fourth-order valence-corrected chi connectivity index (χ4v) is 2.57. The van der Waals surface area contributed by atoms with Crippen molar-refractivity contribution in [3.8, 4) is 0 Å². The Morgan fingerprint density at radius 3 is 2.36 bits per heavy atom. The van der Waals surface area contributed by atoms with Crippen LogP contribution in [0.3, 0.4) is 0 Å². The van der Waals surface area contributed by atoms with Gasteiger partial charge in [0.15, 0.2) is 0 Å². The molecule has 2 rings (SSSR count). The van der Waals surface area contributed by atoms with Crippen LogP contribution in [-0.4, -0.2) is 40.3 Å². The lowest BCUT2D eigenvalue weighted by Gasteiger charge is -2.26. The van der Waals surface area contributed by atoms with E-state index in [4.69, 9.17) is 4.74 Å². The monoisotopic (exact) mass is 309 g/mol. The fourth-order valence-electron chi connectivity index (χ4n) is 2.57. The van der Waals surface area contributed by atoms with Gasteiger partial charge in [-0.05, 0) is 44.9 Å². The van der Waals surface area contributed by atoms with Crippen molar-refractivity contribution in [2.75, 3.05) is 6.54 Å². The number of hydrogen-bond acceptors (Lipinski definition) is 3. The third-order valence-corrected chi connectivity index (χ3v) is 3.56. The van der Waals surface area contributed by atoms with Gasteiger partial charge in [0.05, 0.1) is 0 Å². The SMILES string of the molecule is CC(C)(C)OC(=O)N1CC(c2ccc(F)cc2)C[C@@H]1C(=O)O. The molecule has 1 N–H and O–H groups in total. The Hall–Kier alpha value is -2.11. The Morgan fingerprint density at radius 1 is 1.27 bits per heavy atom. The van der Waals surface area contributed by atoms with E-state index in [0.29, 0.717) is 6.42 Å². The minimum atomic E-state index is -1.06. The van der Waals surface area contributed by atoms with Crippen LogP contribution in [0.25, 0.3) is 0 Å². The smallest absolute Gasteiger partial charge is 0.411 e. The minimum absolute atomic E-state index is 0.144. The highest BCUT2D eigenvalue weighted by Gasteiger charge is 2.41. The molecule has 0 aliphatic carbocycles. The summed E-state index contributed by atoms with van der Waals surface area (Å²) in [6.45, 7) is 5.44. The molecule has 0 spiro atoms. The molecule has 1 fully saturated rings. The number of amides is 1. The number of benzene rings is 1. The second-order valence-corrected chi connectivity index (χ2v) is 6.47. The largest absolute Gasteiger partial charge is 0.480 e. The van der Waals surface area contributed by atoms with E-state index in [2.05, 4.69) is 0 Å². The zero-order chi connectivity index (χ0) is 16.5. The van der Waals surface area contributed by atoms with Gasteiger partial charge in [-0.25, -0.2) is 14.0 Å². The Bertz CT molecular complexity index is 565. The van der Waals surface area contributed by atoms with E-state index in [9.17, 15) is 19.1 Å². The average molecular weight is 309 g/mol. The third-order valence-electron chi connectivity index (χ3n) is 3.56. The topological polar surface area (TPSA) is 66.8 Å². The van der Waals surface area contributed by atoms with Crippen molar-refractivity contribution >= 4 is 12.1 Å². The van der Waals surface area contributed by atoms with Gasteiger partial charge in [-0.3, -0.25) is 4.90 Å². The van der Waals surface area contributed by atoms with Crippen LogP contribution in [0, 0.1) is 5.82 Å². The maximum Gasteiger partial charge on any atom is 0.411 e. The van der Waals surface area contributed by atoms with Crippen molar-refractivity contribution in [2.45, 2.75) is 44.8 Å². The molecule has 1 amide bonds. The highest BCUT2D eigenvalue weighted by molar-refractivity contribution is 5.81. The standard InChI is InChI=1S/C16H20FNO4/c1-16(2,3)22-15(21)18-9-11(8-13(18)14(19)20)10-4-6-12(17)7-5-10/h4-7,11,13H,8-9H2,1-3H3,(H,19,20)/t11?,13-/m1/s1. The molecule has 0 aromatic heterocycles. The van der Waals surface area contributed by atoms with Crippen molar-refractivity contribution < 1.29 is 23.8 Å². The van der Waals surface area contributed by atoms with Crippen LogP contribution in [0.4, 0.5) is 9.18 Å². The molecule has 1 saturated heterocycles. The average Bonchev–Trinajstić information content (AvgIpc) is 2.83. The van der Waals surface area contributed by atoms with Gasteiger partial charge in [0.25, 0.3) is 0 Å². The molecule has 1 aliphatic rings. The Kier molecular flexibility index (Phi) is 4.39. The van der Waals surface area contributed by atoms with Crippen LogP contribution >= 0.6 is 0 Å². The third kappa shape index (κ3) is 3.75. The van der Waals surface area contributed by atoms with Gasteiger partial charge in [0.2, 0.25) is 0 Å². The lowest BCUT2D eigenvalue weighted by molar-refractivity contribution is -0.142. The summed E-state index contributed by atoms with van der Waals surface area (Å²) in [5.74, 6) is -1.55. The summed E-state index contributed by atoms with van der Waals surface area (Å²) in [6.07, 6.45) is -0.343. The lowest BCUT2D eigenvalue weighted by Crippen LogP contribution is -2.43. The van der Waals surface area contributed by atoms with Crippen LogP contribution < -0.4 is 0 Å². The first-order chi connectivity index (χ1) is 10.2. The van der Waals surface area contributed by atoms with E-state index in [1.54, 1.807) is 32.9 Å². The first kappa shape index (κ1) is 16.3. The molecule has 22 heavy (non-hydrogen) atoms. The molecule has 1 unspecified atom stereocenters. The molecule has 1 aromatic rings. The van der Waals surface area contributed by atoms with Gasteiger partial charge in [-0.1, -0.05) is 12.1 Å². The van der Waals surface area contributed by atoms with Gasteiger partial charge in [0, 0.05) is 12.5 Å². The number of carboxylic acid groups (broad SMARTS) is 1. The van der Waals surface area contributed by atoms with Crippen molar-refractivity contribution in [1.29, 1.82) is 0 Å². The van der Waals surface area contributed by atoms with E-state index in [1.165, 1.54) is 17.0 Å². The van der Waals surface area contributed by atoms with Crippen LogP contribution in [0.5, 0.6) is 0 Å². The maximum atomic E-state index is 13.0. The van der Waals surface area contributed by atoms with E-state index in [-0.39, 0.29) is 18.3 Å². The number of hydrogen-bond donors (Lipinski definition) is 1. The number of ether oxygens (including phenoxy) is 1. The number of aliphatic carboxylic acids is 1. The zero-order valence-corrected chi connectivity index (χ0v) is 12.9. The predicted octanol–water partition coefficient (Wildman–Crippen LogP) is 3.00. The minimum Gasteiger partial charge on any atom is -0.480 e. The number of halogens is 1. The van der Waals surface area contributed by atoms with Gasteiger partial charge in [0.1, 0.15) is 17.5 Å². The number of nitrogens with zero attached hydrogens (tertiary/aromatic N) is 1. The maximum absolute atomic E-state index is 13.0. The Morgan fingerprint density at radius 2 is 1.86 bits per heavy atom. The molecular formula is C16H20FNO4. The lowest BCUT2D eigenvalue weighted by atomic mass is 9.96. The zero-order valence-electron chi connectivity index (χ0n) is 12.9. The summed E-state index contributed by atoms with van der Waals surface area (Å²) in [5.41, 5.74) is 0.132. The number of rotatable bonds is 2. The van der Waals surface area contributed by atoms with Crippen LogP contribution in [0.15, 0.2) is 24.3 Å². The summed E-state index contributed by atoms with van der Waals surface area (Å²) < 4.78 is 18.3. The van der Waals surface area contributed by atoms with E-state index in [0.717, 1.165) is 5.56 Å². The highest BCUT2D eigenvalue weighted by atomic mass is 19.1. The van der Waals surface area contributed by atoms with E-state index < -0.39 is 23.7 Å². The summed E-state index contributed by atoms with van der Waals surface area (Å²) in [6, 6.07) is 4.99. The van der Waals surface area contributed by atoms with Crippen molar-refractivity contribution in [2.24, 2.45) is 0 Å². The number of carboxylic acids is 1. The van der Waals surface area contributed by atoms with Gasteiger partial charge < -0.3 is 9.84 Å². The predicted molar refractivity (Wildman–Crippen MR) is 78.1 cm³/mol. The molecule has 120 valence electrons. The second kappa shape index (κ2) is 5.94. The second-order valence-electron chi connectivity index (χ2n) is 6.47. The van der Waals surface area contributed by atoms with E-state index >= 15 is 0 Å². The summed E-state index contributed by atoms with van der Waals surface area (Å²) in [5, 5.41) is 9.33. The first-order valence-corrected chi connectivity index (χ1v) is 7.15. The summed E-state index contributed by atoms with van der Waals surface area (Å²) >= 11 is 0. The number of likely N-dealkylation sites (tertiary alicyclic amines) is 1. The molecule has 1 heterocycles. The highest BCUT2D eigenvalue weighted by Crippen LogP contribution is 2.33. The molecule has 0 bridgehead atoms. The molecule has 6 heteroatoms. The molecule has 1 aliphatic heterocycles. The summed E-state index contributed by atoms with van der Waals surface area (Å²) in [4.78, 5) is 24.8. The number of carbonyl (C=O) groups is 2. The van der Waals surface area contributed by atoms with Crippen LogP contribution in [0.1, 0.15) is 38.7 Å². The summed E-state index contributed by atoms with van der Waals surface area (Å²) in [7, 11) is 0. The van der Waals surface area contributed by atoms with Gasteiger partial charge >= 0.3 is 12.1 Å². The molecule has 0 saturated carbocycles. The van der Waals surface area contributed by atoms with E-state index in [1.807, 2.05) is 0 Å². The molecular weight excluding hydrogens is 289 g/mol. The van der Waals surface area contributed by atoms with Crippen LogP contribution in [0.2, 0.25) is 0 Å². The van der Waals surface area contributed by atoms with Crippen molar-refractivity contribution in [1.82, 2.24) is 4.90 Å². The van der Waals surface area contributed by atoms with Crippen molar-refractivity contribution in [3.63, 3.8) is 0 Å². The molecule has 2 atom stereocenters. The Labute approximate surface area is 128 Å². The Balaban J connectivity index is 2.17.